The van der Waals surface area contributed by atoms with Crippen molar-refractivity contribution in [3.8, 4) is 0 Å². The molecule has 11 nitrogen and oxygen atoms in total. The van der Waals surface area contributed by atoms with Crippen molar-refractivity contribution in [3.63, 3.8) is 0 Å². The molecule has 1 saturated heterocycles. The molecule has 1 amide bonds. The van der Waals surface area contributed by atoms with Crippen molar-refractivity contribution in [1.82, 2.24) is 10.6 Å². The van der Waals surface area contributed by atoms with Crippen molar-refractivity contribution < 1.29 is 44.5 Å². The van der Waals surface area contributed by atoms with Crippen LogP contribution >= 0.6 is 0 Å². The quantitative estimate of drug-likeness (QED) is 0.162. The molecule has 1 aliphatic rings. The van der Waals surface area contributed by atoms with Gasteiger partial charge in [0.05, 0.1) is 25.4 Å². The number of hydrogen-bond donors (Lipinski definition) is 7. The van der Waals surface area contributed by atoms with Crippen molar-refractivity contribution in [3.05, 3.63) is 0 Å². The Labute approximate surface area is 164 Å². The molecule has 2 unspecified atom stereocenters. The molecule has 1 fully saturated rings. The normalized spacial score (nSPS) is 31.2. The molecule has 0 aromatic carbocycles. The first kappa shape index (κ1) is 25.1. The van der Waals surface area contributed by atoms with Crippen molar-refractivity contribution in [2.24, 2.45) is 0 Å². The van der Waals surface area contributed by atoms with Crippen LogP contribution in [0, 0.1) is 0 Å². The molecule has 0 spiro atoms. The molecule has 0 aliphatic carbocycles. The minimum atomic E-state index is -1.54. The van der Waals surface area contributed by atoms with E-state index in [-0.39, 0.29) is 13.2 Å². The predicted octanol–water partition coefficient (Wildman–Crippen LogP) is -3.32. The summed E-state index contributed by atoms with van der Waals surface area (Å²) in [5.41, 5.74) is 0. The lowest BCUT2D eigenvalue weighted by Gasteiger charge is -2.40. The molecule has 8 atom stereocenters. The predicted molar refractivity (Wildman–Crippen MR) is 97.3 cm³/mol. The lowest BCUT2D eigenvalue weighted by Crippen LogP contribution is -2.60. The molecule has 0 aromatic rings. The van der Waals surface area contributed by atoms with Gasteiger partial charge in [-0.15, -0.1) is 0 Å². The van der Waals surface area contributed by atoms with E-state index in [4.69, 9.17) is 14.2 Å². The van der Waals surface area contributed by atoms with Crippen LogP contribution in [-0.4, -0.2) is 114 Å². The molecule has 1 heterocycles. The largest absolute Gasteiger partial charge is 0.391 e. The van der Waals surface area contributed by atoms with E-state index in [1.54, 1.807) is 0 Å². The van der Waals surface area contributed by atoms with Gasteiger partial charge in [0.25, 0.3) is 0 Å². The fraction of sp³-hybridized carbons (Fsp3) is 0.941. The maximum absolute atomic E-state index is 11.3. The van der Waals surface area contributed by atoms with Gasteiger partial charge in [0.15, 0.2) is 6.29 Å². The first-order chi connectivity index (χ1) is 13.2. The van der Waals surface area contributed by atoms with Crippen molar-refractivity contribution in [1.29, 1.82) is 0 Å². The Hall–Kier alpha value is -0.890. The highest BCUT2D eigenvalue weighted by atomic mass is 16.7. The summed E-state index contributed by atoms with van der Waals surface area (Å²) in [5, 5.41) is 55.2. The van der Waals surface area contributed by atoms with E-state index in [9.17, 15) is 30.3 Å². The molecule has 1 aliphatic heterocycles. The van der Waals surface area contributed by atoms with Crippen LogP contribution in [0.2, 0.25) is 0 Å². The van der Waals surface area contributed by atoms with Crippen LogP contribution in [0.1, 0.15) is 20.3 Å². The van der Waals surface area contributed by atoms with E-state index in [1.807, 2.05) is 7.05 Å². The van der Waals surface area contributed by atoms with Crippen LogP contribution in [0.5, 0.6) is 0 Å². The van der Waals surface area contributed by atoms with Gasteiger partial charge < -0.3 is 50.4 Å². The second kappa shape index (κ2) is 12.6. The van der Waals surface area contributed by atoms with Crippen molar-refractivity contribution >= 4 is 5.91 Å². The molecular formula is C17H34N2O9. The first-order valence-electron chi connectivity index (χ1n) is 9.35. The Morgan fingerprint density at radius 1 is 1.18 bits per heavy atom. The number of aliphatic hydroxyl groups excluding tert-OH is 5. The summed E-state index contributed by atoms with van der Waals surface area (Å²) in [7, 11) is 1.82. The lowest BCUT2D eigenvalue weighted by molar-refractivity contribution is -0.304. The molecule has 7 N–H and O–H groups in total. The fourth-order valence-electron chi connectivity index (χ4n) is 2.76. The number of nitrogens with one attached hydrogen (secondary N) is 2. The minimum Gasteiger partial charge on any atom is -0.391 e. The highest BCUT2D eigenvalue weighted by Crippen LogP contribution is 2.23. The summed E-state index contributed by atoms with van der Waals surface area (Å²) >= 11 is 0. The Bertz CT molecular complexity index is 454. The Kier molecular flexibility index (Phi) is 11.3. The third kappa shape index (κ3) is 7.85. The second-order valence-electron chi connectivity index (χ2n) is 6.92. The van der Waals surface area contributed by atoms with Gasteiger partial charge in [0.1, 0.15) is 30.5 Å². The maximum Gasteiger partial charge on any atom is 0.217 e. The van der Waals surface area contributed by atoms with Gasteiger partial charge in [-0.05, 0) is 26.9 Å². The van der Waals surface area contributed by atoms with Crippen molar-refractivity contribution in [2.75, 3.05) is 33.4 Å². The van der Waals surface area contributed by atoms with Crippen LogP contribution in [0.15, 0.2) is 0 Å². The highest BCUT2D eigenvalue weighted by Gasteiger charge is 2.44. The summed E-state index contributed by atoms with van der Waals surface area (Å²) in [5.74, 6) is -0.443. The van der Waals surface area contributed by atoms with Gasteiger partial charge >= 0.3 is 0 Å². The van der Waals surface area contributed by atoms with Gasteiger partial charge in [0.2, 0.25) is 5.91 Å². The Morgan fingerprint density at radius 2 is 1.86 bits per heavy atom. The minimum absolute atomic E-state index is 0.0139. The van der Waals surface area contributed by atoms with E-state index < -0.39 is 54.9 Å². The summed E-state index contributed by atoms with van der Waals surface area (Å²) in [6.07, 6.45) is -8.38. The van der Waals surface area contributed by atoms with Gasteiger partial charge in [-0.25, -0.2) is 0 Å². The van der Waals surface area contributed by atoms with Gasteiger partial charge in [-0.2, -0.15) is 0 Å². The number of hydrogen-bond acceptors (Lipinski definition) is 10. The standard InChI is InChI=1S/C17H34N2O9/c1-9(20)13(22)11(19-10(2)21)7-27-17-16(25)15(24)14(23)12(28-17)8-26-6-4-5-18-3/h9,11-18,20,22-25H,4-8H2,1-3H3,(H,19,21)/t9-,11+,12?,13-,14+,15+,16?,17+/m1/s1. The van der Waals surface area contributed by atoms with E-state index in [1.165, 1.54) is 13.8 Å². The number of carbonyl (C=O) groups is 1. The Balaban J connectivity index is 2.64. The molecule has 1 rings (SSSR count). The van der Waals surface area contributed by atoms with Crippen LogP contribution in [0.4, 0.5) is 0 Å². The van der Waals surface area contributed by atoms with Crippen LogP contribution < -0.4 is 10.6 Å². The zero-order valence-electron chi connectivity index (χ0n) is 16.5. The third-order valence-corrected chi connectivity index (χ3v) is 4.40. The summed E-state index contributed by atoms with van der Waals surface area (Å²) < 4.78 is 16.4. The maximum atomic E-state index is 11.3. The summed E-state index contributed by atoms with van der Waals surface area (Å²) in [6, 6.07) is -0.964. The molecule has 0 saturated carbocycles. The van der Waals surface area contributed by atoms with E-state index in [0.29, 0.717) is 6.61 Å². The number of aliphatic hydroxyl groups is 5. The molecule has 28 heavy (non-hydrogen) atoms. The molecule has 0 radical (unpaired) electrons. The highest BCUT2D eigenvalue weighted by molar-refractivity contribution is 5.73. The Morgan fingerprint density at radius 3 is 2.43 bits per heavy atom. The number of amides is 1. The monoisotopic (exact) mass is 410 g/mol. The van der Waals surface area contributed by atoms with E-state index in [2.05, 4.69) is 10.6 Å². The first-order valence-corrected chi connectivity index (χ1v) is 9.35. The SMILES string of the molecule is CNCCCOCC1O[C@H](OC[C@H](NC(C)=O)[C@H](O)[C@@H](C)O)C(O)[C@@H](O)[C@H]1O. The summed E-state index contributed by atoms with van der Waals surface area (Å²) in [6.45, 7) is 3.47. The van der Waals surface area contributed by atoms with Gasteiger partial charge in [-0.3, -0.25) is 4.79 Å². The zero-order chi connectivity index (χ0) is 21.3. The lowest BCUT2D eigenvalue weighted by atomic mass is 9.99. The molecular weight excluding hydrogens is 376 g/mol. The van der Waals surface area contributed by atoms with E-state index in [0.717, 1.165) is 13.0 Å². The van der Waals surface area contributed by atoms with Crippen molar-refractivity contribution in [2.45, 2.75) is 69.2 Å². The average Bonchev–Trinajstić information content (AvgIpc) is 2.64. The van der Waals surface area contributed by atoms with Gasteiger partial charge in [-0.1, -0.05) is 0 Å². The number of carbonyl (C=O) groups excluding carboxylic acids is 1. The van der Waals surface area contributed by atoms with E-state index >= 15 is 0 Å². The molecule has 166 valence electrons. The molecule has 0 aromatic heterocycles. The number of rotatable bonds is 12. The third-order valence-electron chi connectivity index (χ3n) is 4.40. The fourth-order valence-corrected chi connectivity index (χ4v) is 2.76. The number of ether oxygens (including phenoxy) is 3. The summed E-state index contributed by atoms with van der Waals surface area (Å²) in [4.78, 5) is 11.3. The van der Waals surface area contributed by atoms with Gasteiger partial charge in [0, 0.05) is 13.5 Å². The second-order valence-corrected chi connectivity index (χ2v) is 6.92. The zero-order valence-corrected chi connectivity index (χ0v) is 16.5. The molecule has 11 heteroatoms. The van der Waals surface area contributed by atoms with Crippen LogP contribution in [-0.2, 0) is 19.0 Å². The average molecular weight is 410 g/mol. The smallest absolute Gasteiger partial charge is 0.217 e. The van der Waals surface area contributed by atoms with Crippen LogP contribution in [0.25, 0.3) is 0 Å². The van der Waals surface area contributed by atoms with Crippen LogP contribution in [0.3, 0.4) is 0 Å². The molecule has 0 bridgehead atoms. The topological polar surface area (TPSA) is 170 Å².